The van der Waals surface area contributed by atoms with Gasteiger partial charge in [-0.05, 0) is 45.4 Å². The van der Waals surface area contributed by atoms with E-state index >= 15 is 0 Å². The van der Waals surface area contributed by atoms with Crippen LogP contribution in [0.25, 0.3) is 22.9 Å². The fraction of sp³-hybridized carbons (Fsp3) is 0.423. The molecule has 0 fully saturated rings. The molecule has 0 bridgehead atoms. The summed E-state index contributed by atoms with van der Waals surface area (Å²) in [6.07, 6.45) is -1.81. The first kappa shape index (κ1) is 27.7. The highest BCUT2D eigenvalue weighted by Gasteiger charge is 2.36. The van der Waals surface area contributed by atoms with E-state index in [2.05, 4.69) is 20.2 Å². The van der Waals surface area contributed by atoms with Crippen molar-refractivity contribution in [3.8, 4) is 28.7 Å². The molecule has 10 nitrogen and oxygen atoms in total. The Kier molecular flexibility index (Phi) is 7.11. The lowest BCUT2D eigenvalue weighted by Gasteiger charge is -2.26. The third-order valence-electron chi connectivity index (χ3n) is 6.61. The normalized spacial score (nSPS) is 14.0. The van der Waals surface area contributed by atoms with Gasteiger partial charge in [0.2, 0.25) is 17.7 Å². The highest BCUT2D eigenvalue weighted by molar-refractivity contribution is 6.32. The number of alkyl halides is 3. The van der Waals surface area contributed by atoms with Gasteiger partial charge in [-0.3, -0.25) is 14.4 Å². The second kappa shape index (κ2) is 10.3. The van der Waals surface area contributed by atoms with Gasteiger partial charge in [-0.2, -0.15) is 23.3 Å². The Bertz CT molecular complexity index is 1570. The molecule has 0 radical (unpaired) electrons. The molecule has 1 aromatic carbocycles. The zero-order chi connectivity index (χ0) is 28.9. The fourth-order valence-corrected chi connectivity index (χ4v) is 4.87. The maximum Gasteiger partial charge on any atom is 0.434 e. The minimum absolute atomic E-state index is 0.0187. The molecule has 212 valence electrons. The Balaban J connectivity index is 1.50. The van der Waals surface area contributed by atoms with Gasteiger partial charge in [0.05, 0.1) is 37.0 Å². The summed E-state index contributed by atoms with van der Waals surface area (Å²) < 4.78 is 50.7. The number of carbonyl (C=O) groups is 1. The first-order valence-electron chi connectivity index (χ1n) is 12.7. The van der Waals surface area contributed by atoms with Crippen molar-refractivity contribution in [3.63, 3.8) is 0 Å². The summed E-state index contributed by atoms with van der Waals surface area (Å²) in [7, 11) is 1.44. The molecule has 5 rings (SSSR count). The van der Waals surface area contributed by atoms with Crippen molar-refractivity contribution in [3.05, 3.63) is 46.9 Å². The van der Waals surface area contributed by atoms with Gasteiger partial charge in [-0.25, -0.2) is 9.67 Å². The number of aromatic nitrogens is 7. The van der Waals surface area contributed by atoms with Crippen LogP contribution in [0.4, 0.5) is 19.1 Å². The van der Waals surface area contributed by atoms with Crippen LogP contribution in [0.2, 0.25) is 5.02 Å². The second-order valence-electron chi connectivity index (χ2n) is 10.1. The minimum Gasteiger partial charge on any atom is -0.496 e. The van der Waals surface area contributed by atoms with Crippen LogP contribution in [0.5, 0.6) is 5.75 Å². The molecule has 0 atom stereocenters. The summed E-state index contributed by atoms with van der Waals surface area (Å²) in [5.74, 6) is 1.07. The smallest absolute Gasteiger partial charge is 0.434 e. The predicted octanol–water partition coefficient (Wildman–Crippen LogP) is 5.78. The van der Waals surface area contributed by atoms with E-state index in [1.54, 1.807) is 41.4 Å². The molecule has 1 amide bonds. The minimum atomic E-state index is -4.58. The number of hydrogen-bond donors (Lipinski definition) is 0. The van der Waals surface area contributed by atoms with Gasteiger partial charge >= 0.3 is 6.18 Å². The zero-order valence-corrected chi connectivity index (χ0v) is 23.3. The molecule has 14 heteroatoms. The van der Waals surface area contributed by atoms with Gasteiger partial charge < -0.3 is 9.30 Å². The molecule has 0 N–H and O–H groups in total. The number of hydrogen-bond acceptors (Lipinski definition) is 6. The standard InChI is InChI=1S/C26H28ClF3N8O2/c1-14(2)35-13-20(26(28,29)30)32-24(35)17-7-6-16(10-19(17)40-5)12-36-21(39)8-9-37-25(36)33-23(34-37)22-18(27)11-31-38(22)15(3)4/h6-7,10-11,13-15H,8-9,12H2,1-5H3. The first-order valence-corrected chi connectivity index (χ1v) is 13.1. The van der Waals surface area contributed by atoms with E-state index in [1.165, 1.54) is 22.8 Å². The van der Waals surface area contributed by atoms with Crippen molar-refractivity contribution in [2.24, 2.45) is 0 Å². The topological polar surface area (TPSA) is 95.9 Å². The van der Waals surface area contributed by atoms with Crippen LogP contribution >= 0.6 is 11.6 Å². The van der Waals surface area contributed by atoms with E-state index in [-0.39, 0.29) is 36.8 Å². The molecule has 0 saturated heterocycles. The van der Waals surface area contributed by atoms with Gasteiger partial charge in [-0.1, -0.05) is 17.7 Å². The van der Waals surface area contributed by atoms with E-state index < -0.39 is 11.9 Å². The lowest BCUT2D eigenvalue weighted by Crippen LogP contribution is -2.37. The van der Waals surface area contributed by atoms with Gasteiger partial charge in [0.1, 0.15) is 17.3 Å². The Morgan fingerprint density at radius 1 is 1.12 bits per heavy atom. The third kappa shape index (κ3) is 4.93. The molecular formula is C26H28ClF3N8O2. The average Bonchev–Trinajstić information content (AvgIpc) is 3.61. The number of carbonyl (C=O) groups excluding carboxylic acids is 1. The Hall–Kier alpha value is -3.87. The first-order chi connectivity index (χ1) is 18.9. The number of methoxy groups -OCH3 is 1. The number of benzene rings is 1. The number of imidazole rings is 1. The molecule has 4 heterocycles. The summed E-state index contributed by atoms with van der Waals surface area (Å²) >= 11 is 6.40. The van der Waals surface area contributed by atoms with Crippen LogP contribution in [0.15, 0.2) is 30.6 Å². The number of anilines is 1. The quantitative estimate of drug-likeness (QED) is 0.276. The number of rotatable bonds is 7. The van der Waals surface area contributed by atoms with Crippen molar-refractivity contribution in [1.29, 1.82) is 0 Å². The van der Waals surface area contributed by atoms with Crippen molar-refractivity contribution < 1.29 is 22.7 Å². The molecule has 0 spiro atoms. The van der Waals surface area contributed by atoms with Crippen LogP contribution in [-0.2, 0) is 24.1 Å². The molecule has 1 aliphatic rings. The number of halogens is 4. The van der Waals surface area contributed by atoms with Gasteiger partial charge in [0.15, 0.2) is 5.69 Å². The molecule has 4 aromatic rings. The van der Waals surface area contributed by atoms with Crippen LogP contribution in [-0.4, -0.2) is 47.1 Å². The van der Waals surface area contributed by atoms with Crippen molar-refractivity contribution in [2.45, 2.75) is 65.5 Å². The van der Waals surface area contributed by atoms with Crippen LogP contribution in [0.3, 0.4) is 0 Å². The number of aryl methyl sites for hydroxylation is 1. The molecule has 1 aliphatic heterocycles. The molecule has 0 unspecified atom stereocenters. The van der Waals surface area contributed by atoms with E-state index in [1.807, 2.05) is 13.8 Å². The second-order valence-corrected chi connectivity index (χ2v) is 10.5. The summed E-state index contributed by atoms with van der Waals surface area (Å²) in [6.45, 7) is 8.00. The Morgan fingerprint density at radius 2 is 1.88 bits per heavy atom. The Labute approximate surface area is 233 Å². The molecule has 3 aromatic heterocycles. The number of ether oxygens (including phenoxy) is 1. The van der Waals surface area contributed by atoms with Crippen LogP contribution in [0.1, 0.15) is 57.5 Å². The van der Waals surface area contributed by atoms with E-state index in [4.69, 9.17) is 16.3 Å². The average molecular weight is 577 g/mol. The van der Waals surface area contributed by atoms with Gasteiger partial charge in [0, 0.05) is 24.7 Å². The summed E-state index contributed by atoms with van der Waals surface area (Å²) in [5, 5.41) is 9.32. The maximum atomic E-state index is 13.4. The lowest BCUT2D eigenvalue weighted by atomic mass is 10.1. The van der Waals surface area contributed by atoms with E-state index in [0.717, 1.165) is 6.20 Å². The lowest BCUT2D eigenvalue weighted by molar-refractivity contribution is -0.141. The van der Waals surface area contributed by atoms with Gasteiger partial charge in [-0.15, -0.1) is 5.10 Å². The maximum absolute atomic E-state index is 13.4. The number of amides is 1. The Morgan fingerprint density at radius 3 is 2.52 bits per heavy atom. The third-order valence-corrected chi connectivity index (χ3v) is 6.89. The molecule has 0 aliphatic carbocycles. The molecule has 40 heavy (non-hydrogen) atoms. The van der Waals surface area contributed by atoms with Crippen LogP contribution < -0.4 is 9.64 Å². The summed E-state index contributed by atoms with van der Waals surface area (Å²) in [5.41, 5.74) is 0.685. The van der Waals surface area contributed by atoms with E-state index in [9.17, 15) is 18.0 Å². The van der Waals surface area contributed by atoms with Crippen LogP contribution in [0, 0.1) is 0 Å². The largest absolute Gasteiger partial charge is 0.496 e. The van der Waals surface area contributed by atoms with Crippen molar-refractivity contribution >= 4 is 23.5 Å². The number of nitrogens with zero attached hydrogens (tertiary/aromatic N) is 8. The highest BCUT2D eigenvalue weighted by Crippen LogP contribution is 2.37. The summed E-state index contributed by atoms with van der Waals surface area (Å²) in [4.78, 5) is 23.1. The molecular weight excluding hydrogens is 549 g/mol. The monoisotopic (exact) mass is 576 g/mol. The SMILES string of the molecule is COc1cc(CN2C(=O)CCn3nc(-c4c(Cl)cnn4C(C)C)nc32)ccc1-c1nc(C(F)(F)F)cn1C(C)C. The fourth-order valence-electron chi connectivity index (χ4n) is 4.66. The molecule has 0 saturated carbocycles. The summed E-state index contributed by atoms with van der Waals surface area (Å²) in [6, 6.07) is 4.83. The number of fused-ring (bicyclic) bond motifs is 1. The van der Waals surface area contributed by atoms with Crippen molar-refractivity contribution in [1.82, 2.24) is 34.1 Å². The van der Waals surface area contributed by atoms with Crippen molar-refractivity contribution in [2.75, 3.05) is 12.0 Å². The highest BCUT2D eigenvalue weighted by atomic mass is 35.5. The predicted molar refractivity (Wildman–Crippen MR) is 142 cm³/mol. The zero-order valence-electron chi connectivity index (χ0n) is 22.6. The van der Waals surface area contributed by atoms with E-state index in [0.29, 0.717) is 45.9 Å². The van der Waals surface area contributed by atoms with Gasteiger partial charge in [0.25, 0.3) is 0 Å².